The van der Waals surface area contributed by atoms with E-state index in [0.717, 1.165) is 0 Å². The lowest BCUT2D eigenvalue weighted by molar-refractivity contribution is 0.623. The molecule has 78 valence electrons. The number of halogens is 3. The van der Waals surface area contributed by atoms with Crippen molar-refractivity contribution < 1.29 is 4.39 Å². The minimum absolute atomic E-state index is 0.326. The molecule has 1 heterocycles. The SMILES string of the molecule is Fc1cc(Br)ccc1N1CN=CC=C1Cl. The summed E-state index contributed by atoms with van der Waals surface area (Å²) in [6.07, 6.45) is 3.24. The van der Waals surface area contributed by atoms with Crippen LogP contribution in [0.4, 0.5) is 10.1 Å². The van der Waals surface area contributed by atoms with Gasteiger partial charge in [0.05, 0.1) is 5.69 Å². The maximum absolute atomic E-state index is 13.6. The summed E-state index contributed by atoms with van der Waals surface area (Å²) in [5.74, 6) is -0.326. The Kier molecular flexibility index (Phi) is 3.07. The Balaban J connectivity index is 2.38. The molecule has 1 aromatic carbocycles. The van der Waals surface area contributed by atoms with E-state index in [1.807, 2.05) is 0 Å². The van der Waals surface area contributed by atoms with E-state index in [1.165, 1.54) is 6.07 Å². The largest absolute Gasteiger partial charge is 0.309 e. The van der Waals surface area contributed by atoms with Crippen LogP contribution in [0.5, 0.6) is 0 Å². The van der Waals surface area contributed by atoms with Gasteiger partial charge in [0.25, 0.3) is 0 Å². The third kappa shape index (κ3) is 2.21. The fourth-order valence-corrected chi connectivity index (χ4v) is 1.83. The van der Waals surface area contributed by atoms with Gasteiger partial charge in [-0.25, -0.2) is 4.39 Å². The summed E-state index contributed by atoms with van der Waals surface area (Å²) in [5, 5.41) is 0.464. The molecule has 0 N–H and O–H groups in total. The highest BCUT2D eigenvalue weighted by Gasteiger charge is 2.15. The molecule has 1 aliphatic heterocycles. The summed E-state index contributed by atoms with van der Waals surface area (Å²) >= 11 is 9.15. The van der Waals surface area contributed by atoms with Crippen molar-refractivity contribution in [3.63, 3.8) is 0 Å². The molecule has 0 fully saturated rings. The fourth-order valence-electron chi connectivity index (χ4n) is 1.29. The molecule has 1 aromatic rings. The Bertz CT molecular complexity index is 445. The molecule has 1 aliphatic rings. The highest BCUT2D eigenvalue weighted by Crippen LogP contribution is 2.27. The van der Waals surface area contributed by atoms with Crippen LogP contribution in [0.2, 0.25) is 0 Å². The Morgan fingerprint density at radius 3 is 2.93 bits per heavy atom. The van der Waals surface area contributed by atoms with Crippen molar-refractivity contribution in [3.8, 4) is 0 Å². The molecule has 0 bridgehead atoms. The second kappa shape index (κ2) is 4.33. The molecular weight excluding hydrogens is 282 g/mol. The standard InChI is InChI=1S/C10H7BrClFN2/c11-7-1-2-9(8(13)5-7)15-6-14-4-3-10(15)12/h1-5H,6H2. The van der Waals surface area contributed by atoms with Gasteiger partial charge < -0.3 is 4.90 Å². The maximum Gasteiger partial charge on any atom is 0.148 e. The van der Waals surface area contributed by atoms with Crippen molar-refractivity contribution in [1.29, 1.82) is 0 Å². The zero-order valence-corrected chi connectivity index (χ0v) is 9.96. The first-order valence-electron chi connectivity index (χ1n) is 4.26. The summed E-state index contributed by atoms with van der Waals surface area (Å²) < 4.78 is 14.3. The number of hydrogen-bond donors (Lipinski definition) is 0. The predicted molar refractivity (Wildman–Crippen MR) is 63.9 cm³/mol. The lowest BCUT2D eigenvalue weighted by atomic mass is 10.3. The van der Waals surface area contributed by atoms with Gasteiger partial charge in [-0.3, -0.25) is 4.99 Å². The minimum Gasteiger partial charge on any atom is -0.309 e. The Hall–Kier alpha value is -0.870. The molecule has 0 amide bonds. The van der Waals surface area contributed by atoms with Crippen LogP contribution in [0.3, 0.4) is 0 Å². The zero-order valence-electron chi connectivity index (χ0n) is 7.62. The second-order valence-corrected chi connectivity index (χ2v) is 4.29. The van der Waals surface area contributed by atoms with Gasteiger partial charge >= 0.3 is 0 Å². The van der Waals surface area contributed by atoms with E-state index in [1.54, 1.807) is 29.3 Å². The van der Waals surface area contributed by atoms with E-state index in [-0.39, 0.29) is 5.82 Å². The lowest BCUT2D eigenvalue weighted by Crippen LogP contribution is -2.23. The summed E-state index contributed by atoms with van der Waals surface area (Å²) in [7, 11) is 0. The molecule has 0 atom stereocenters. The molecule has 5 heteroatoms. The van der Waals surface area contributed by atoms with Gasteiger partial charge in [-0.2, -0.15) is 0 Å². The summed E-state index contributed by atoms with van der Waals surface area (Å²) in [6, 6.07) is 4.83. The number of hydrogen-bond acceptors (Lipinski definition) is 2. The normalized spacial score (nSPS) is 15.4. The van der Waals surface area contributed by atoms with Crippen LogP contribution >= 0.6 is 27.5 Å². The summed E-state index contributed by atoms with van der Waals surface area (Å²) in [4.78, 5) is 5.61. The molecule has 0 aliphatic carbocycles. The van der Waals surface area contributed by atoms with Crippen molar-refractivity contribution in [1.82, 2.24) is 0 Å². The topological polar surface area (TPSA) is 15.6 Å². The number of anilines is 1. The van der Waals surface area contributed by atoms with E-state index >= 15 is 0 Å². The van der Waals surface area contributed by atoms with Crippen LogP contribution in [0, 0.1) is 5.82 Å². The summed E-state index contributed by atoms with van der Waals surface area (Å²) in [6.45, 7) is 0.341. The van der Waals surface area contributed by atoms with Gasteiger partial charge in [0.1, 0.15) is 17.6 Å². The van der Waals surface area contributed by atoms with Gasteiger partial charge in [-0.1, -0.05) is 27.5 Å². The molecule has 2 nitrogen and oxygen atoms in total. The third-order valence-electron chi connectivity index (χ3n) is 2.00. The number of aliphatic imine (C=N–C) groups is 1. The Labute approximate surface area is 100 Å². The molecule has 0 saturated carbocycles. The smallest absolute Gasteiger partial charge is 0.148 e. The molecule has 0 radical (unpaired) electrons. The van der Waals surface area contributed by atoms with E-state index in [0.29, 0.717) is 22.0 Å². The molecular formula is C10H7BrClFN2. The average Bonchev–Trinajstić information content (AvgIpc) is 2.20. The summed E-state index contributed by atoms with van der Waals surface area (Å²) in [5.41, 5.74) is 0.427. The molecule has 0 aromatic heterocycles. The van der Waals surface area contributed by atoms with Gasteiger partial charge in [-0.15, -0.1) is 0 Å². The van der Waals surface area contributed by atoms with Crippen molar-refractivity contribution in [2.45, 2.75) is 0 Å². The lowest BCUT2D eigenvalue weighted by Gasteiger charge is -2.24. The quantitative estimate of drug-likeness (QED) is 0.722. The van der Waals surface area contributed by atoms with Crippen LogP contribution in [0.15, 0.2) is 38.9 Å². The zero-order chi connectivity index (χ0) is 10.8. The van der Waals surface area contributed by atoms with Crippen LogP contribution < -0.4 is 4.90 Å². The van der Waals surface area contributed by atoms with Crippen LogP contribution in [-0.4, -0.2) is 12.9 Å². The Morgan fingerprint density at radius 1 is 1.47 bits per heavy atom. The second-order valence-electron chi connectivity index (χ2n) is 2.99. The molecule has 2 rings (SSSR count). The molecule has 0 unspecified atom stereocenters. The van der Waals surface area contributed by atoms with Gasteiger partial charge in [0, 0.05) is 10.7 Å². The van der Waals surface area contributed by atoms with Gasteiger partial charge in [0.2, 0.25) is 0 Å². The van der Waals surface area contributed by atoms with Crippen LogP contribution in [0.1, 0.15) is 0 Å². The first kappa shape index (κ1) is 10.6. The van der Waals surface area contributed by atoms with Crippen LogP contribution in [-0.2, 0) is 0 Å². The monoisotopic (exact) mass is 288 g/mol. The fraction of sp³-hybridized carbons (Fsp3) is 0.100. The Morgan fingerprint density at radius 2 is 2.27 bits per heavy atom. The van der Waals surface area contributed by atoms with Crippen molar-refractivity contribution in [2.24, 2.45) is 4.99 Å². The first-order valence-corrected chi connectivity index (χ1v) is 5.44. The number of rotatable bonds is 1. The predicted octanol–water partition coefficient (Wildman–Crippen LogP) is 3.52. The maximum atomic E-state index is 13.6. The van der Waals surface area contributed by atoms with Gasteiger partial charge in [-0.05, 0) is 24.3 Å². The third-order valence-corrected chi connectivity index (χ3v) is 2.82. The van der Waals surface area contributed by atoms with Crippen molar-refractivity contribution >= 4 is 39.4 Å². The number of nitrogens with zero attached hydrogens (tertiary/aromatic N) is 2. The van der Waals surface area contributed by atoms with Crippen molar-refractivity contribution in [3.05, 3.63) is 39.7 Å². The molecule has 0 saturated heterocycles. The molecule has 15 heavy (non-hydrogen) atoms. The van der Waals surface area contributed by atoms with E-state index in [4.69, 9.17) is 11.6 Å². The highest BCUT2D eigenvalue weighted by molar-refractivity contribution is 9.10. The van der Waals surface area contributed by atoms with E-state index in [2.05, 4.69) is 20.9 Å². The number of allylic oxidation sites excluding steroid dienone is 1. The average molecular weight is 290 g/mol. The van der Waals surface area contributed by atoms with E-state index < -0.39 is 0 Å². The number of benzene rings is 1. The van der Waals surface area contributed by atoms with E-state index in [9.17, 15) is 4.39 Å². The van der Waals surface area contributed by atoms with Gasteiger partial charge in [0.15, 0.2) is 0 Å². The first-order chi connectivity index (χ1) is 7.18. The minimum atomic E-state index is -0.326. The van der Waals surface area contributed by atoms with Crippen LogP contribution in [0.25, 0.3) is 0 Å². The highest BCUT2D eigenvalue weighted by atomic mass is 79.9. The molecule has 0 spiro atoms. The van der Waals surface area contributed by atoms with Crippen molar-refractivity contribution in [2.75, 3.05) is 11.6 Å².